The van der Waals surface area contributed by atoms with E-state index in [0.29, 0.717) is 5.75 Å². The Kier molecular flexibility index (Phi) is 4.12. The van der Waals surface area contributed by atoms with E-state index in [9.17, 15) is 4.79 Å². The maximum absolute atomic E-state index is 11.2. The summed E-state index contributed by atoms with van der Waals surface area (Å²) in [7, 11) is 0. The molecule has 2 nitrogen and oxygen atoms in total. The van der Waals surface area contributed by atoms with Crippen molar-refractivity contribution < 1.29 is 9.53 Å². The van der Waals surface area contributed by atoms with Crippen LogP contribution in [0.25, 0.3) is 0 Å². The van der Waals surface area contributed by atoms with E-state index in [-0.39, 0.29) is 5.88 Å². The number of halogens is 1. The Labute approximate surface area is 87.3 Å². The van der Waals surface area contributed by atoms with Crippen molar-refractivity contribution in [1.29, 1.82) is 0 Å². The minimum atomic E-state index is -0.568. The molecule has 0 aliphatic carbocycles. The lowest BCUT2D eigenvalue weighted by molar-refractivity contribution is -0.133. The Bertz CT molecular complexity index is 276. The van der Waals surface area contributed by atoms with E-state index in [1.807, 2.05) is 6.07 Å². The van der Waals surface area contributed by atoms with E-state index in [4.69, 9.17) is 16.3 Å². The summed E-state index contributed by atoms with van der Waals surface area (Å²) in [4.78, 5) is 11.2. The lowest BCUT2D eigenvalue weighted by Gasteiger charge is -2.06. The highest BCUT2D eigenvalue weighted by Gasteiger charge is 2.14. The minimum absolute atomic E-state index is 0.148. The number of alkyl halides is 1. The average molecular weight is 217 g/mol. The van der Waals surface area contributed by atoms with Crippen LogP contribution in [0, 0.1) is 0 Å². The summed E-state index contributed by atoms with van der Waals surface area (Å²) in [6.07, 6.45) is 0. The van der Waals surface area contributed by atoms with Crippen LogP contribution in [0.2, 0.25) is 0 Å². The molecule has 0 bridgehead atoms. The van der Waals surface area contributed by atoms with E-state index in [1.165, 1.54) is 0 Å². The molecule has 0 heterocycles. The number of esters is 1. The summed E-state index contributed by atoms with van der Waals surface area (Å²) in [6.45, 7) is 0. The highest BCUT2D eigenvalue weighted by atomic mass is 35.5. The maximum atomic E-state index is 11.2. The van der Waals surface area contributed by atoms with Crippen LogP contribution >= 0.6 is 24.2 Å². The molecular weight excluding hydrogens is 208 g/mol. The van der Waals surface area contributed by atoms with Crippen molar-refractivity contribution in [2.75, 3.05) is 5.88 Å². The zero-order valence-electron chi connectivity index (χ0n) is 6.81. The molecule has 1 aromatic rings. The Morgan fingerprint density at radius 1 is 1.46 bits per heavy atom. The SMILES string of the molecule is O=C(Oc1ccccc1)C(S)CCl. The molecule has 70 valence electrons. The van der Waals surface area contributed by atoms with E-state index in [0.717, 1.165) is 0 Å². The second-order valence-corrected chi connectivity index (χ2v) is 3.34. The molecule has 13 heavy (non-hydrogen) atoms. The van der Waals surface area contributed by atoms with Gasteiger partial charge in [-0.25, -0.2) is 0 Å². The van der Waals surface area contributed by atoms with Gasteiger partial charge in [-0.15, -0.1) is 11.6 Å². The van der Waals surface area contributed by atoms with Crippen molar-refractivity contribution in [2.45, 2.75) is 5.25 Å². The number of benzene rings is 1. The largest absolute Gasteiger partial charge is 0.426 e. The summed E-state index contributed by atoms with van der Waals surface area (Å²) >= 11 is 9.38. The third kappa shape index (κ3) is 3.28. The summed E-state index contributed by atoms with van der Waals surface area (Å²) in [5, 5.41) is -0.568. The molecule has 0 saturated heterocycles. The molecule has 0 aliphatic rings. The van der Waals surface area contributed by atoms with Gasteiger partial charge >= 0.3 is 5.97 Å². The van der Waals surface area contributed by atoms with Crippen LogP contribution < -0.4 is 4.74 Å². The van der Waals surface area contributed by atoms with Crippen molar-refractivity contribution >= 4 is 30.2 Å². The van der Waals surface area contributed by atoms with E-state index in [2.05, 4.69) is 12.6 Å². The number of carbonyl (C=O) groups excluding carboxylic acids is 1. The van der Waals surface area contributed by atoms with Crippen molar-refractivity contribution in [1.82, 2.24) is 0 Å². The number of carbonyl (C=O) groups is 1. The van der Waals surface area contributed by atoms with E-state index >= 15 is 0 Å². The second-order valence-electron chi connectivity index (χ2n) is 2.40. The van der Waals surface area contributed by atoms with E-state index < -0.39 is 11.2 Å². The van der Waals surface area contributed by atoms with Crippen molar-refractivity contribution in [3.05, 3.63) is 30.3 Å². The number of para-hydroxylation sites is 1. The molecular formula is C9H9ClO2S. The third-order valence-electron chi connectivity index (χ3n) is 1.38. The lowest BCUT2D eigenvalue weighted by atomic mass is 10.3. The molecule has 1 rings (SSSR count). The van der Waals surface area contributed by atoms with E-state index in [1.54, 1.807) is 24.3 Å². The molecule has 0 N–H and O–H groups in total. The van der Waals surface area contributed by atoms with Gasteiger partial charge in [0.15, 0.2) is 0 Å². The van der Waals surface area contributed by atoms with Gasteiger partial charge in [0, 0.05) is 5.88 Å². The summed E-state index contributed by atoms with van der Waals surface area (Å²) in [6, 6.07) is 8.82. The van der Waals surface area contributed by atoms with Crippen LogP contribution in [0.4, 0.5) is 0 Å². The summed E-state index contributed by atoms with van der Waals surface area (Å²) in [5.74, 6) is 0.232. The molecule has 1 unspecified atom stereocenters. The second kappa shape index (κ2) is 5.14. The lowest BCUT2D eigenvalue weighted by Crippen LogP contribution is -2.22. The number of thiol groups is 1. The van der Waals surface area contributed by atoms with Crippen LogP contribution in [0.5, 0.6) is 5.75 Å². The van der Waals surface area contributed by atoms with Crippen molar-refractivity contribution in [2.24, 2.45) is 0 Å². The molecule has 0 saturated carbocycles. The fraction of sp³-hybridized carbons (Fsp3) is 0.222. The van der Waals surface area contributed by atoms with Gasteiger partial charge in [-0.1, -0.05) is 18.2 Å². The Hall–Kier alpha value is -0.670. The molecule has 0 fully saturated rings. The van der Waals surface area contributed by atoms with Gasteiger partial charge in [0.2, 0.25) is 0 Å². The Morgan fingerprint density at radius 2 is 2.08 bits per heavy atom. The topological polar surface area (TPSA) is 26.3 Å². The molecule has 4 heteroatoms. The van der Waals surface area contributed by atoms with Gasteiger partial charge in [-0.2, -0.15) is 12.6 Å². The van der Waals surface area contributed by atoms with Crippen LogP contribution in [-0.4, -0.2) is 17.1 Å². The number of hydrogen-bond acceptors (Lipinski definition) is 3. The van der Waals surface area contributed by atoms with Gasteiger partial charge in [-0.3, -0.25) is 4.79 Å². The normalized spacial score (nSPS) is 12.2. The zero-order chi connectivity index (χ0) is 9.68. The molecule has 1 atom stereocenters. The van der Waals surface area contributed by atoms with Crippen LogP contribution in [0.1, 0.15) is 0 Å². The van der Waals surface area contributed by atoms with Crippen LogP contribution in [0.3, 0.4) is 0 Å². The van der Waals surface area contributed by atoms with Gasteiger partial charge in [-0.05, 0) is 12.1 Å². The Balaban J connectivity index is 2.55. The van der Waals surface area contributed by atoms with Gasteiger partial charge in [0.1, 0.15) is 11.0 Å². The fourth-order valence-corrected chi connectivity index (χ4v) is 0.914. The average Bonchev–Trinajstić information content (AvgIpc) is 2.18. The smallest absolute Gasteiger partial charge is 0.325 e. The predicted octanol–water partition coefficient (Wildman–Crippen LogP) is 2.13. The molecule has 0 aromatic heterocycles. The number of hydrogen-bond donors (Lipinski definition) is 1. The van der Waals surface area contributed by atoms with Gasteiger partial charge in [0.25, 0.3) is 0 Å². The molecule has 0 amide bonds. The van der Waals surface area contributed by atoms with Crippen molar-refractivity contribution in [3.8, 4) is 5.75 Å². The monoisotopic (exact) mass is 216 g/mol. The summed E-state index contributed by atoms with van der Waals surface area (Å²) < 4.78 is 4.97. The fourth-order valence-electron chi connectivity index (χ4n) is 0.736. The molecule has 0 aliphatic heterocycles. The Morgan fingerprint density at radius 3 is 2.62 bits per heavy atom. The van der Waals surface area contributed by atoms with Crippen LogP contribution in [0.15, 0.2) is 30.3 Å². The highest BCUT2D eigenvalue weighted by molar-refractivity contribution is 7.81. The van der Waals surface area contributed by atoms with Gasteiger partial charge in [0.05, 0.1) is 0 Å². The quantitative estimate of drug-likeness (QED) is 0.363. The maximum Gasteiger partial charge on any atom is 0.325 e. The third-order valence-corrected chi connectivity index (χ3v) is 2.30. The number of rotatable bonds is 3. The summed E-state index contributed by atoms with van der Waals surface area (Å²) in [5.41, 5.74) is 0. The minimum Gasteiger partial charge on any atom is -0.426 e. The standard InChI is InChI=1S/C9H9ClO2S/c10-6-8(13)9(11)12-7-4-2-1-3-5-7/h1-5,8,13H,6H2. The first-order chi connectivity index (χ1) is 6.24. The van der Waals surface area contributed by atoms with Gasteiger partial charge < -0.3 is 4.74 Å². The molecule has 0 radical (unpaired) electrons. The first kappa shape index (κ1) is 10.4. The molecule has 0 spiro atoms. The predicted molar refractivity (Wildman–Crippen MR) is 55.6 cm³/mol. The number of ether oxygens (including phenoxy) is 1. The molecule has 1 aromatic carbocycles. The van der Waals surface area contributed by atoms with Crippen LogP contribution in [-0.2, 0) is 4.79 Å². The first-order valence-corrected chi connectivity index (χ1v) is 4.80. The first-order valence-electron chi connectivity index (χ1n) is 3.75. The highest BCUT2D eigenvalue weighted by Crippen LogP contribution is 2.11. The van der Waals surface area contributed by atoms with Crippen molar-refractivity contribution in [3.63, 3.8) is 0 Å². The zero-order valence-corrected chi connectivity index (χ0v) is 8.46.